The highest BCUT2D eigenvalue weighted by atomic mass is 15.2. The highest BCUT2D eigenvalue weighted by molar-refractivity contribution is 6.17. The van der Waals surface area contributed by atoms with E-state index in [1.54, 1.807) is 0 Å². The molecule has 0 spiro atoms. The van der Waals surface area contributed by atoms with Crippen molar-refractivity contribution in [1.82, 2.24) is 9.13 Å². The van der Waals surface area contributed by atoms with Crippen molar-refractivity contribution in [3.63, 3.8) is 0 Å². The van der Waals surface area contributed by atoms with Crippen molar-refractivity contribution in [3.05, 3.63) is 237 Å². The Morgan fingerprint density at radius 3 is 1.67 bits per heavy atom. The van der Waals surface area contributed by atoms with Gasteiger partial charge in [-0.3, -0.25) is 0 Å². The summed E-state index contributed by atoms with van der Waals surface area (Å²) in [6.45, 7) is 0. The van der Waals surface area contributed by atoms with E-state index in [0.717, 1.165) is 45.1 Å². The topological polar surface area (TPSA) is 13.1 Å². The average Bonchev–Trinajstić information content (AvgIpc) is 3.85. The van der Waals surface area contributed by atoms with Gasteiger partial charge in [0.15, 0.2) is 0 Å². The summed E-state index contributed by atoms with van der Waals surface area (Å²) in [5, 5.41) is 7.31. The van der Waals surface area contributed by atoms with Gasteiger partial charge < -0.3 is 14.0 Å². The van der Waals surface area contributed by atoms with Gasteiger partial charge in [0.1, 0.15) is 0 Å². The van der Waals surface area contributed by atoms with Crippen LogP contribution in [0.25, 0.3) is 88.0 Å². The lowest BCUT2D eigenvalue weighted by Gasteiger charge is -2.29. The average molecular weight is 778 g/mol. The maximum absolute atomic E-state index is 2.48. The minimum absolute atomic E-state index is 1.10. The SMILES string of the molecule is c1ccc(-c2ccc(-n3c4ccccc4c4ccc(-c5ccccc5N(c5ccc6ccccc6c5)c5cccc6c5c5ccccc5n6-c5ccccc5)cc43)cc2)cc1. The van der Waals surface area contributed by atoms with Crippen LogP contribution >= 0.6 is 0 Å². The third kappa shape index (κ3) is 5.74. The van der Waals surface area contributed by atoms with E-state index in [9.17, 15) is 0 Å². The van der Waals surface area contributed by atoms with Crippen LogP contribution in [0.1, 0.15) is 0 Å². The number of fused-ring (bicyclic) bond motifs is 7. The van der Waals surface area contributed by atoms with Crippen LogP contribution in [-0.2, 0) is 0 Å². The first-order chi connectivity index (χ1) is 30.3. The Hall–Kier alpha value is -8.14. The fourth-order valence-electron chi connectivity index (χ4n) is 9.53. The highest BCUT2D eigenvalue weighted by Crippen LogP contribution is 2.47. The van der Waals surface area contributed by atoms with Crippen LogP contribution in [0.5, 0.6) is 0 Å². The molecule has 12 rings (SSSR count). The quantitative estimate of drug-likeness (QED) is 0.157. The Bertz CT molecular complexity index is 3580. The van der Waals surface area contributed by atoms with Crippen molar-refractivity contribution in [2.24, 2.45) is 0 Å². The van der Waals surface area contributed by atoms with Gasteiger partial charge in [-0.05, 0) is 100 Å². The summed E-state index contributed by atoms with van der Waals surface area (Å²) in [4.78, 5) is 2.48. The monoisotopic (exact) mass is 777 g/mol. The Kier molecular flexibility index (Phi) is 8.17. The molecule has 0 saturated carbocycles. The molecule has 0 amide bonds. The number of nitrogens with zero attached hydrogens (tertiary/aromatic N) is 3. The molecular formula is C58H39N3. The molecule has 0 atom stereocenters. The summed E-state index contributed by atoms with van der Waals surface area (Å²) >= 11 is 0. The Morgan fingerprint density at radius 1 is 0.295 bits per heavy atom. The van der Waals surface area contributed by atoms with E-state index in [0.29, 0.717) is 0 Å². The van der Waals surface area contributed by atoms with Gasteiger partial charge in [-0.1, -0.05) is 164 Å². The molecule has 3 nitrogen and oxygen atoms in total. The molecule has 61 heavy (non-hydrogen) atoms. The lowest BCUT2D eigenvalue weighted by atomic mass is 9.99. The maximum Gasteiger partial charge on any atom is 0.0562 e. The molecule has 0 fully saturated rings. The zero-order chi connectivity index (χ0) is 40.3. The summed E-state index contributed by atoms with van der Waals surface area (Å²) in [6, 6.07) is 86.0. The van der Waals surface area contributed by atoms with E-state index >= 15 is 0 Å². The third-order valence-electron chi connectivity index (χ3n) is 12.3. The van der Waals surface area contributed by atoms with Gasteiger partial charge in [0.2, 0.25) is 0 Å². The third-order valence-corrected chi connectivity index (χ3v) is 12.3. The smallest absolute Gasteiger partial charge is 0.0562 e. The fourth-order valence-corrected chi connectivity index (χ4v) is 9.53. The molecule has 2 aromatic heterocycles. The summed E-state index contributed by atoms with van der Waals surface area (Å²) in [7, 11) is 0. The zero-order valence-electron chi connectivity index (χ0n) is 33.4. The van der Waals surface area contributed by atoms with Crippen LogP contribution in [0.15, 0.2) is 237 Å². The first-order valence-electron chi connectivity index (χ1n) is 20.9. The van der Waals surface area contributed by atoms with E-state index in [2.05, 4.69) is 251 Å². The molecule has 286 valence electrons. The molecule has 0 bridgehead atoms. The van der Waals surface area contributed by atoms with Gasteiger partial charge in [-0.15, -0.1) is 0 Å². The van der Waals surface area contributed by atoms with Crippen LogP contribution in [0, 0.1) is 0 Å². The first-order valence-corrected chi connectivity index (χ1v) is 20.9. The van der Waals surface area contributed by atoms with Gasteiger partial charge >= 0.3 is 0 Å². The standard InChI is InChI=1S/C58H39N3/c1-3-16-40(17-4-1)42-30-34-46(35-31-42)60-53-26-13-10-23-49(53)50-37-33-44(39-57(50)60)48-22-9-12-25-52(48)61(47-36-32-41-18-7-8-19-43(41)38-47)56-29-15-28-55-58(56)51-24-11-14-27-54(51)59(55)45-20-5-2-6-21-45/h1-39H. The predicted octanol–water partition coefficient (Wildman–Crippen LogP) is 15.8. The lowest BCUT2D eigenvalue weighted by Crippen LogP contribution is -2.11. The number of hydrogen-bond acceptors (Lipinski definition) is 1. The van der Waals surface area contributed by atoms with Crippen molar-refractivity contribution in [3.8, 4) is 33.6 Å². The molecule has 0 aliphatic carbocycles. The van der Waals surface area contributed by atoms with E-state index in [1.807, 2.05) is 0 Å². The van der Waals surface area contributed by atoms with Gasteiger partial charge in [0.05, 0.1) is 33.4 Å². The molecule has 3 heteroatoms. The number of rotatable bonds is 7. The summed E-state index contributed by atoms with van der Waals surface area (Å²) in [5.41, 5.74) is 15.0. The second kappa shape index (κ2) is 14.3. The summed E-state index contributed by atoms with van der Waals surface area (Å²) in [5.74, 6) is 0. The van der Waals surface area contributed by atoms with E-state index < -0.39 is 0 Å². The zero-order valence-corrected chi connectivity index (χ0v) is 33.4. The van der Waals surface area contributed by atoms with Gasteiger partial charge in [-0.25, -0.2) is 0 Å². The second-order valence-electron chi connectivity index (χ2n) is 15.7. The van der Waals surface area contributed by atoms with Crippen LogP contribution in [-0.4, -0.2) is 9.13 Å². The Balaban J connectivity index is 1.10. The largest absolute Gasteiger partial charge is 0.309 e. The van der Waals surface area contributed by atoms with Crippen molar-refractivity contribution < 1.29 is 0 Å². The minimum Gasteiger partial charge on any atom is -0.309 e. The van der Waals surface area contributed by atoms with Crippen LogP contribution in [0.2, 0.25) is 0 Å². The number of hydrogen-bond donors (Lipinski definition) is 0. The maximum atomic E-state index is 2.48. The number of para-hydroxylation sites is 4. The lowest BCUT2D eigenvalue weighted by molar-refractivity contribution is 1.18. The van der Waals surface area contributed by atoms with Gasteiger partial charge in [-0.2, -0.15) is 0 Å². The molecule has 0 unspecified atom stereocenters. The minimum atomic E-state index is 1.10. The van der Waals surface area contributed by atoms with Crippen molar-refractivity contribution in [2.45, 2.75) is 0 Å². The van der Waals surface area contributed by atoms with E-state index in [-0.39, 0.29) is 0 Å². The van der Waals surface area contributed by atoms with Crippen molar-refractivity contribution >= 4 is 71.4 Å². The normalized spacial score (nSPS) is 11.6. The molecular weight excluding hydrogens is 739 g/mol. The molecule has 0 aliphatic rings. The van der Waals surface area contributed by atoms with Crippen molar-refractivity contribution in [1.29, 1.82) is 0 Å². The molecule has 0 N–H and O–H groups in total. The molecule has 2 heterocycles. The Labute approximate surface area is 354 Å². The van der Waals surface area contributed by atoms with Gasteiger partial charge in [0, 0.05) is 44.2 Å². The highest BCUT2D eigenvalue weighted by Gasteiger charge is 2.24. The second-order valence-corrected chi connectivity index (χ2v) is 15.7. The predicted molar refractivity (Wildman–Crippen MR) is 258 cm³/mol. The molecule has 0 radical (unpaired) electrons. The van der Waals surface area contributed by atoms with Crippen LogP contribution in [0.4, 0.5) is 17.1 Å². The van der Waals surface area contributed by atoms with Crippen LogP contribution in [0.3, 0.4) is 0 Å². The number of benzene rings is 10. The van der Waals surface area contributed by atoms with Crippen LogP contribution < -0.4 is 4.90 Å². The number of aromatic nitrogens is 2. The van der Waals surface area contributed by atoms with Gasteiger partial charge in [0.25, 0.3) is 0 Å². The van der Waals surface area contributed by atoms with Crippen molar-refractivity contribution in [2.75, 3.05) is 4.90 Å². The molecule has 0 saturated heterocycles. The summed E-state index contributed by atoms with van der Waals surface area (Å²) in [6.07, 6.45) is 0. The number of anilines is 3. The van der Waals surface area contributed by atoms with E-state index in [1.165, 1.54) is 60.0 Å². The van der Waals surface area contributed by atoms with E-state index in [4.69, 9.17) is 0 Å². The molecule has 12 aromatic rings. The first kappa shape index (κ1) is 34.9. The summed E-state index contributed by atoms with van der Waals surface area (Å²) < 4.78 is 4.82. The fraction of sp³-hybridized carbons (Fsp3) is 0. The molecule has 0 aliphatic heterocycles. The molecule has 10 aromatic carbocycles. The Morgan fingerprint density at radius 2 is 0.852 bits per heavy atom.